The predicted octanol–water partition coefficient (Wildman–Crippen LogP) is -0.678. The number of terminal acetylenes is 1. The van der Waals surface area contributed by atoms with E-state index in [0.29, 0.717) is 0 Å². The minimum atomic E-state index is -1.22. The zero-order chi connectivity index (χ0) is 7.82. The lowest BCUT2D eigenvalue weighted by atomic mass is 10.7. The number of carbonyl (C=O) groups is 1. The van der Waals surface area contributed by atoms with Gasteiger partial charge in [-0.2, -0.15) is 0 Å². The fourth-order valence-electron chi connectivity index (χ4n) is 0.323. The van der Waals surface area contributed by atoms with Crippen LogP contribution in [0.3, 0.4) is 0 Å². The first-order valence-corrected chi connectivity index (χ1v) is 2.68. The summed E-state index contributed by atoms with van der Waals surface area (Å²) >= 11 is 0. The second-order valence-corrected chi connectivity index (χ2v) is 1.44. The molecular formula is C6H8N2O2. The van der Waals surface area contributed by atoms with Gasteiger partial charge in [-0.3, -0.25) is 4.99 Å². The van der Waals surface area contributed by atoms with E-state index in [1.54, 1.807) is 6.34 Å². The molecule has 0 aromatic heterocycles. The number of carboxylic acids is 1. The lowest BCUT2D eigenvalue weighted by Gasteiger charge is -1.75. The minimum absolute atomic E-state index is 0.958. The Kier molecular flexibility index (Phi) is 4.79. The van der Waals surface area contributed by atoms with E-state index in [2.05, 4.69) is 16.7 Å². The number of aliphatic imine (C=N–C) groups is 1. The molecule has 4 nitrogen and oxygen atoms in total. The first-order valence-electron chi connectivity index (χ1n) is 2.68. The van der Waals surface area contributed by atoms with Gasteiger partial charge in [0.25, 0.3) is 0 Å². The van der Waals surface area contributed by atoms with Gasteiger partial charge < -0.3 is 10.4 Å². The maximum absolute atomic E-state index is 9.13. The molecule has 0 bridgehead atoms. The van der Waals surface area contributed by atoms with Crippen molar-refractivity contribution in [2.45, 2.75) is 0 Å². The normalized spacial score (nSPS) is 12.3. The van der Waals surface area contributed by atoms with Crippen molar-refractivity contribution < 1.29 is 9.90 Å². The van der Waals surface area contributed by atoms with Crippen LogP contribution in [0.15, 0.2) is 4.99 Å². The fourth-order valence-corrected chi connectivity index (χ4v) is 0.323. The first-order chi connectivity index (χ1) is 4.77. The van der Waals surface area contributed by atoms with E-state index in [1.807, 2.05) is 0 Å². The van der Waals surface area contributed by atoms with Gasteiger partial charge in [0.2, 0.25) is 0 Å². The van der Waals surface area contributed by atoms with E-state index >= 15 is 0 Å². The summed E-state index contributed by atoms with van der Waals surface area (Å²) in [5.41, 5.74) is 0. The molecule has 1 heterocycles. The summed E-state index contributed by atoms with van der Waals surface area (Å²) in [5.74, 6) is 0.227. The molecule has 54 valence electrons. The molecule has 1 aliphatic heterocycles. The van der Waals surface area contributed by atoms with Crippen molar-refractivity contribution in [1.29, 1.82) is 0 Å². The molecule has 0 fully saturated rings. The van der Waals surface area contributed by atoms with Crippen molar-refractivity contribution in [3.05, 3.63) is 0 Å². The summed E-state index contributed by atoms with van der Waals surface area (Å²) in [4.78, 5) is 13.0. The highest BCUT2D eigenvalue weighted by atomic mass is 16.4. The van der Waals surface area contributed by atoms with Gasteiger partial charge in [-0.25, -0.2) is 4.79 Å². The molecule has 0 aromatic rings. The highest BCUT2D eigenvalue weighted by molar-refractivity contribution is 5.85. The fraction of sp³-hybridized carbons (Fsp3) is 0.333. The Morgan fingerprint density at radius 2 is 2.50 bits per heavy atom. The van der Waals surface area contributed by atoms with Crippen molar-refractivity contribution in [3.8, 4) is 12.3 Å². The third kappa shape index (κ3) is 6.50. The third-order valence-corrected chi connectivity index (χ3v) is 0.691. The van der Waals surface area contributed by atoms with Crippen molar-refractivity contribution in [2.75, 3.05) is 13.1 Å². The van der Waals surface area contributed by atoms with Crippen LogP contribution in [0.25, 0.3) is 0 Å². The maximum Gasteiger partial charge on any atom is 0.381 e. The van der Waals surface area contributed by atoms with E-state index in [0.717, 1.165) is 13.1 Å². The first kappa shape index (κ1) is 8.50. The molecule has 0 amide bonds. The monoisotopic (exact) mass is 140 g/mol. The van der Waals surface area contributed by atoms with Crippen LogP contribution < -0.4 is 5.32 Å². The van der Waals surface area contributed by atoms with Crippen LogP contribution >= 0.6 is 0 Å². The lowest BCUT2D eigenvalue weighted by molar-refractivity contribution is -0.130. The molecule has 0 aromatic carbocycles. The van der Waals surface area contributed by atoms with E-state index in [4.69, 9.17) is 9.90 Å². The van der Waals surface area contributed by atoms with Crippen LogP contribution in [0.1, 0.15) is 0 Å². The largest absolute Gasteiger partial charge is 0.472 e. The smallest absolute Gasteiger partial charge is 0.381 e. The molecule has 0 saturated heterocycles. The standard InChI is InChI=1S/C3H6N2.C3H2O2/c1-2-5-3-4-1;1-2-3(4)5/h3H,1-2H2,(H,4,5);1H,(H,4,5). The van der Waals surface area contributed by atoms with Gasteiger partial charge in [-0.1, -0.05) is 0 Å². The van der Waals surface area contributed by atoms with Crippen LogP contribution in [-0.2, 0) is 4.79 Å². The van der Waals surface area contributed by atoms with Gasteiger partial charge in [-0.05, 0) is 0 Å². The number of rotatable bonds is 0. The average molecular weight is 140 g/mol. The number of nitrogens with one attached hydrogen (secondary N) is 1. The zero-order valence-corrected chi connectivity index (χ0v) is 5.37. The summed E-state index contributed by atoms with van der Waals surface area (Å²) in [6.45, 7) is 1.99. The SMILES string of the molecule is C#CC(=O)O.C1=NCCN1. The molecule has 0 spiro atoms. The molecule has 1 rings (SSSR count). The Morgan fingerprint density at radius 3 is 2.60 bits per heavy atom. The van der Waals surface area contributed by atoms with E-state index in [-0.39, 0.29) is 0 Å². The molecule has 0 atom stereocenters. The molecule has 10 heavy (non-hydrogen) atoms. The van der Waals surface area contributed by atoms with Crippen LogP contribution in [0, 0.1) is 12.3 Å². The Bertz CT molecular complexity index is 163. The highest BCUT2D eigenvalue weighted by Gasteiger charge is 1.82. The molecule has 0 aliphatic carbocycles. The summed E-state index contributed by atoms with van der Waals surface area (Å²) in [6.07, 6.45) is 6.06. The number of aliphatic carboxylic acids is 1. The summed E-state index contributed by atoms with van der Waals surface area (Å²) in [7, 11) is 0. The van der Waals surface area contributed by atoms with Crippen LogP contribution in [0.4, 0.5) is 0 Å². The number of nitrogens with zero attached hydrogens (tertiary/aromatic N) is 1. The lowest BCUT2D eigenvalue weighted by Crippen LogP contribution is -2.04. The molecule has 0 radical (unpaired) electrons. The summed E-state index contributed by atoms with van der Waals surface area (Å²) < 4.78 is 0. The summed E-state index contributed by atoms with van der Waals surface area (Å²) in [5, 5.41) is 10.4. The number of hydrogen-bond acceptors (Lipinski definition) is 3. The Morgan fingerprint density at radius 1 is 1.90 bits per heavy atom. The van der Waals surface area contributed by atoms with Crippen LogP contribution in [0.2, 0.25) is 0 Å². The molecule has 0 unspecified atom stereocenters. The summed E-state index contributed by atoms with van der Waals surface area (Å²) in [6, 6.07) is 0. The predicted molar refractivity (Wildman–Crippen MR) is 37.8 cm³/mol. The van der Waals surface area contributed by atoms with Gasteiger partial charge in [0.1, 0.15) is 0 Å². The van der Waals surface area contributed by atoms with Gasteiger partial charge in [0.05, 0.1) is 12.9 Å². The molecule has 1 aliphatic rings. The Labute approximate surface area is 59.0 Å². The second-order valence-electron chi connectivity index (χ2n) is 1.44. The van der Waals surface area contributed by atoms with Gasteiger partial charge in [0.15, 0.2) is 0 Å². The van der Waals surface area contributed by atoms with E-state index < -0.39 is 5.97 Å². The van der Waals surface area contributed by atoms with Crippen LogP contribution in [0.5, 0.6) is 0 Å². The highest BCUT2D eigenvalue weighted by Crippen LogP contribution is 1.68. The second kappa shape index (κ2) is 5.63. The number of hydrogen-bond donors (Lipinski definition) is 2. The number of carboxylic acid groups (broad SMARTS) is 1. The van der Waals surface area contributed by atoms with Crippen molar-refractivity contribution in [1.82, 2.24) is 5.32 Å². The van der Waals surface area contributed by atoms with Gasteiger partial charge in [-0.15, -0.1) is 6.42 Å². The van der Waals surface area contributed by atoms with Crippen molar-refractivity contribution in [2.24, 2.45) is 4.99 Å². The molecule has 4 heteroatoms. The van der Waals surface area contributed by atoms with Gasteiger partial charge >= 0.3 is 5.97 Å². The van der Waals surface area contributed by atoms with Crippen LogP contribution in [-0.4, -0.2) is 30.5 Å². The Balaban J connectivity index is 0.000000162. The van der Waals surface area contributed by atoms with Crippen molar-refractivity contribution in [3.63, 3.8) is 0 Å². The Hall–Kier alpha value is -1.50. The van der Waals surface area contributed by atoms with E-state index in [9.17, 15) is 0 Å². The zero-order valence-electron chi connectivity index (χ0n) is 5.37. The van der Waals surface area contributed by atoms with E-state index in [1.165, 1.54) is 5.92 Å². The van der Waals surface area contributed by atoms with Crippen molar-refractivity contribution >= 4 is 12.3 Å². The topological polar surface area (TPSA) is 61.7 Å². The average Bonchev–Trinajstić information content (AvgIpc) is 2.43. The molecule has 2 N–H and O–H groups in total. The molecular weight excluding hydrogens is 132 g/mol. The quantitative estimate of drug-likeness (QED) is 0.438. The maximum atomic E-state index is 9.13. The van der Waals surface area contributed by atoms with Gasteiger partial charge in [0, 0.05) is 12.5 Å². The minimum Gasteiger partial charge on any atom is -0.472 e. The third-order valence-electron chi connectivity index (χ3n) is 0.691. The molecule has 0 saturated carbocycles.